The van der Waals surface area contributed by atoms with Crippen LogP contribution in [0.15, 0.2) is 30.3 Å². The van der Waals surface area contributed by atoms with Gasteiger partial charge < -0.3 is 10.2 Å². The van der Waals surface area contributed by atoms with E-state index in [1.807, 2.05) is 4.90 Å². The van der Waals surface area contributed by atoms with Gasteiger partial charge in [-0.3, -0.25) is 9.69 Å². The van der Waals surface area contributed by atoms with Gasteiger partial charge in [-0.2, -0.15) is 0 Å². The van der Waals surface area contributed by atoms with Crippen molar-refractivity contribution >= 4 is 5.91 Å². The Kier molecular flexibility index (Phi) is 6.40. The van der Waals surface area contributed by atoms with Gasteiger partial charge in [0.05, 0.1) is 0 Å². The molecule has 1 fully saturated rings. The Balaban J connectivity index is 1.67. The lowest BCUT2D eigenvalue weighted by Gasteiger charge is -2.34. The third kappa shape index (κ3) is 4.82. The Hall–Kier alpha value is -1.39. The van der Waals surface area contributed by atoms with E-state index in [9.17, 15) is 4.79 Å². The van der Waals surface area contributed by atoms with Gasteiger partial charge in [-0.15, -0.1) is 0 Å². The fraction of sp³-hybridized carbons (Fsp3) is 0.611. The number of hydrogen-bond donors (Lipinski definition) is 1. The Bertz CT molecular complexity index is 455. The van der Waals surface area contributed by atoms with Gasteiger partial charge in [-0.05, 0) is 18.4 Å². The van der Waals surface area contributed by atoms with Crippen molar-refractivity contribution in [3.63, 3.8) is 0 Å². The van der Waals surface area contributed by atoms with Crippen molar-refractivity contribution in [2.45, 2.75) is 32.7 Å². The molecule has 0 bridgehead atoms. The smallest absolute Gasteiger partial charge is 0.219 e. The monoisotopic (exact) mass is 303 g/mol. The molecule has 2 atom stereocenters. The topological polar surface area (TPSA) is 35.6 Å². The van der Waals surface area contributed by atoms with E-state index in [0.717, 1.165) is 39.3 Å². The Morgan fingerprint density at radius 3 is 2.36 bits per heavy atom. The standard InChI is InChI=1S/C18H29N3O/c1-15(18-7-5-4-6-8-18)16(2)19-9-10-20-11-13-21(14-12-20)17(3)22/h4-8,15-16,19H,9-14H2,1-3H3/t15-,16-/m0/s1. The molecule has 4 heteroatoms. The van der Waals surface area contributed by atoms with Crippen LogP contribution in [-0.4, -0.2) is 61.0 Å². The Morgan fingerprint density at radius 1 is 1.14 bits per heavy atom. The van der Waals surface area contributed by atoms with Gasteiger partial charge in [0, 0.05) is 52.2 Å². The second-order valence-corrected chi connectivity index (χ2v) is 6.29. The third-order valence-corrected chi connectivity index (χ3v) is 4.79. The highest BCUT2D eigenvalue weighted by Gasteiger charge is 2.18. The largest absolute Gasteiger partial charge is 0.340 e. The summed E-state index contributed by atoms with van der Waals surface area (Å²) in [6.45, 7) is 12.0. The highest BCUT2D eigenvalue weighted by Crippen LogP contribution is 2.18. The second kappa shape index (κ2) is 8.30. The summed E-state index contributed by atoms with van der Waals surface area (Å²) in [4.78, 5) is 15.7. The van der Waals surface area contributed by atoms with Gasteiger partial charge in [-0.25, -0.2) is 0 Å². The quantitative estimate of drug-likeness (QED) is 0.872. The molecule has 1 aliphatic rings. The van der Waals surface area contributed by atoms with Crippen LogP contribution in [0, 0.1) is 0 Å². The molecule has 2 rings (SSSR count). The first-order chi connectivity index (χ1) is 10.6. The zero-order chi connectivity index (χ0) is 15.9. The van der Waals surface area contributed by atoms with Crippen LogP contribution in [0.3, 0.4) is 0 Å². The second-order valence-electron chi connectivity index (χ2n) is 6.29. The van der Waals surface area contributed by atoms with E-state index in [0.29, 0.717) is 12.0 Å². The fourth-order valence-corrected chi connectivity index (χ4v) is 2.96. The molecule has 4 nitrogen and oxygen atoms in total. The van der Waals surface area contributed by atoms with Gasteiger partial charge in [0.25, 0.3) is 0 Å². The average molecular weight is 303 g/mol. The first kappa shape index (κ1) is 17.0. The average Bonchev–Trinajstić information content (AvgIpc) is 2.55. The van der Waals surface area contributed by atoms with E-state index in [2.05, 4.69) is 54.4 Å². The third-order valence-electron chi connectivity index (χ3n) is 4.79. The summed E-state index contributed by atoms with van der Waals surface area (Å²) in [5.74, 6) is 0.707. The van der Waals surface area contributed by atoms with Crippen LogP contribution in [-0.2, 0) is 4.79 Å². The molecule has 1 heterocycles. The number of piperazine rings is 1. The van der Waals surface area contributed by atoms with Crippen molar-refractivity contribution in [1.82, 2.24) is 15.1 Å². The van der Waals surface area contributed by atoms with Crippen LogP contribution >= 0.6 is 0 Å². The maximum Gasteiger partial charge on any atom is 0.219 e. The zero-order valence-corrected chi connectivity index (χ0v) is 14.1. The molecule has 0 aromatic heterocycles. The highest BCUT2D eigenvalue weighted by atomic mass is 16.2. The number of nitrogens with zero attached hydrogens (tertiary/aromatic N) is 2. The number of nitrogens with one attached hydrogen (secondary N) is 1. The van der Waals surface area contributed by atoms with Crippen LogP contribution < -0.4 is 5.32 Å². The maximum atomic E-state index is 11.3. The molecule has 22 heavy (non-hydrogen) atoms. The summed E-state index contributed by atoms with van der Waals surface area (Å²) < 4.78 is 0. The lowest BCUT2D eigenvalue weighted by atomic mass is 9.94. The molecule has 122 valence electrons. The minimum absolute atomic E-state index is 0.197. The summed E-state index contributed by atoms with van der Waals surface area (Å²) in [5.41, 5.74) is 1.39. The molecule has 1 aliphatic heterocycles. The summed E-state index contributed by atoms with van der Waals surface area (Å²) in [7, 11) is 0. The summed E-state index contributed by atoms with van der Waals surface area (Å²) in [6.07, 6.45) is 0. The van der Waals surface area contributed by atoms with Gasteiger partial charge >= 0.3 is 0 Å². The molecule has 1 aromatic rings. The van der Waals surface area contributed by atoms with Gasteiger partial charge in [0.15, 0.2) is 0 Å². The summed E-state index contributed by atoms with van der Waals surface area (Å²) >= 11 is 0. The number of hydrogen-bond acceptors (Lipinski definition) is 3. The lowest BCUT2D eigenvalue weighted by Crippen LogP contribution is -2.50. The maximum absolute atomic E-state index is 11.3. The van der Waals surface area contributed by atoms with Crippen molar-refractivity contribution in [3.05, 3.63) is 35.9 Å². The zero-order valence-electron chi connectivity index (χ0n) is 14.1. The van der Waals surface area contributed by atoms with Crippen LogP contribution in [0.1, 0.15) is 32.3 Å². The summed E-state index contributed by atoms with van der Waals surface area (Å²) in [6, 6.07) is 11.1. The van der Waals surface area contributed by atoms with Gasteiger partial charge in [0.2, 0.25) is 5.91 Å². The molecule has 1 amide bonds. The first-order valence-electron chi connectivity index (χ1n) is 8.34. The number of benzene rings is 1. The predicted octanol–water partition coefficient (Wildman–Crippen LogP) is 1.93. The van der Waals surface area contributed by atoms with E-state index in [-0.39, 0.29) is 5.91 Å². The van der Waals surface area contributed by atoms with E-state index < -0.39 is 0 Å². The van der Waals surface area contributed by atoms with Crippen LogP contribution in [0.2, 0.25) is 0 Å². The van der Waals surface area contributed by atoms with Gasteiger partial charge in [-0.1, -0.05) is 37.3 Å². The van der Waals surface area contributed by atoms with E-state index in [4.69, 9.17) is 0 Å². The number of carbonyl (C=O) groups excluding carboxylic acids is 1. The van der Waals surface area contributed by atoms with Crippen molar-refractivity contribution in [3.8, 4) is 0 Å². The Morgan fingerprint density at radius 2 is 1.77 bits per heavy atom. The molecule has 0 radical (unpaired) electrons. The summed E-state index contributed by atoms with van der Waals surface area (Å²) in [5, 5.41) is 3.64. The van der Waals surface area contributed by atoms with Crippen molar-refractivity contribution < 1.29 is 4.79 Å². The van der Waals surface area contributed by atoms with Crippen molar-refractivity contribution in [1.29, 1.82) is 0 Å². The SMILES string of the molecule is CC(=O)N1CCN(CCN[C@@H](C)[C@H](C)c2ccccc2)CC1. The normalized spacial score (nSPS) is 19.0. The van der Waals surface area contributed by atoms with Crippen LogP contribution in [0.25, 0.3) is 0 Å². The van der Waals surface area contributed by atoms with Gasteiger partial charge in [0.1, 0.15) is 0 Å². The molecule has 0 saturated carbocycles. The van der Waals surface area contributed by atoms with E-state index in [1.54, 1.807) is 6.92 Å². The van der Waals surface area contributed by atoms with Crippen LogP contribution in [0.4, 0.5) is 0 Å². The Labute approximate surface area is 134 Å². The molecule has 0 spiro atoms. The van der Waals surface area contributed by atoms with E-state index >= 15 is 0 Å². The van der Waals surface area contributed by atoms with Crippen molar-refractivity contribution in [2.75, 3.05) is 39.3 Å². The molecular weight excluding hydrogens is 274 g/mol. The number of amides is 1. The molecule has 1 saturated heterocycles. The van der Waals surface area contributed by atoms with Crippen molar-refractivity contribution in [2.24, 2.45) is 0 Å². The number of carbonyl (C=O) groups is 1. The highest BCUT2D eigenvalue weighted by molar-refractivity contribution is 5.73. The molecule has 0 unspecified atom stereocenters. The molecule has 1 N–H and O–H groups in total. The van der Waals surface area contributed by atoms with Crippen LogP contribution in [0.5, 0.6) is 0 Å². The minimum Gasteiger partial charge on any atom is -0.340 e. The predicted molar refractivity (Wildman–Crippen MR) is 91.0 cm³/mol. The minimum atomic E-state index is 0.197. The molecule has 0 aliphatic carbocycles. The molecule has 1 aromatic carbocycles. The van der Waals surface area contributed by atoms with E-state index in [1.165, 1.54) is 5.56 Å². The fourth-order valence-electron chi connectivity index (χ4n) is 2.96. The lowest BCUT2D eigenvalue weighted by molar-refractivity contribution is -0.130. The first-order valence-corrected chi connectivity index (χ1v) is 8.34. The number of rotatable bonds is 6. The molecular formula is C18H29N3O.